The summed E-state index contributed by atoms with van der Waals surface area (Å²) in [7, 11) is 1.67. The van der Waals surface area contributed by atoms with Crippen molar-refractivity contribution >= 4 is 13.8 Å². The number of unbranched alkanes of at least 4 members (excludes halogenated alkanes) is 32. The Hall–Kier alpha value is -1.80. The molecule has 2 unspecified atom stereocenters. The lowest BCUT2D eigenvalue weighted by Gasteiger charge is -2.24. The van der Waals surface area contributed by atoms with Crippen molar-refractivity contribution in [1.82, 2.24) is 0 Å². The van der Waals surface area contributed by atoms with Gasteiger partial charge in [-0.05, 0) is 77.0 Å². The molecule has 0 aromatic heterocycles. The second-order valence-corrected chi connectivity index (χ2v) is 22.8. The molecule has 1 N–H and O–H groups in total. The first kappa shape index (κ1) is 69.2. The monoisotopic (exact) mass is 1020 g/mol. The molecule has 0 amide bonds. The summed E-state index contributed by atoms with van der Waals surface area (Å²) >= 11 is 0. The number of phosphoric acid groups is 1. The highest BCUT2D eigenvalue weighted by atomic mass is 31.2. The minimum atomic E-state index is -4.29. The molecule has 0 rings (SSSR count). The van der Waals surface area contributed by atoms with Crippen molar-refractivity contribution in [2.75, 3.05) is 54.1 Å². The molecule has 8 nitrogen and oxygen atoms in total. The summed E-state index contributed by atoms with van der Waals surface area (Å²) < 4.78 is 35.3. The predicted octanol–water partition coefficient (Wildman–Crippen LogP) is 19.2. The number of esters is 1. The van der Waals surface area contributed by atoms with E-state index in [1.807, 2.05) is 21.1 Å². The zero-order chi connectivity index (χ0) is 51.9. The minimum absolute atomic E-state index is 0.0872. The van der Waals surface area contributed by atoms with Gasteiger partial charge in [0.1, 0.15) is 19.3 Å². The van der Waals surface area contributed by atoms with Crippen LogP contribution in [0.25, 0.3) is 0 Å². The summed E-state index contributed by atoms with van der Waals surface area (Å²) in [6.45, 7) is 5.54. The maximum atomic E-state index is 12.8. The maximum absolute atomic E-state index is 12.8. The lowest BCUT2D eigenvalue weighted by atomic mass is 10.0. The van der Waals surface area contributed by atoms with Gasteiger partial charge in [0.15, 0.2) is 0 Å². The van der Waals surface area contributed by atoms with Gasteiger partial charge in [0.2, 0.25) is 0 Å². The van der Waals surface area contributed by atoms with Crippen molar-refractivity contribution in [3.8, 4) is 0 Å². The molecule has 416 valence electrons. The summed E-state index contributed by atoms with van der Waals surface area (Å²) in [4.78, 5) is 23.1. The number of rotatable bonds is 56. The molecule has 0 spiro atoms. The molecule has 0 saturated carbocycles. The van der Waals surface area contributed by atoms with Crippen molar-refractivity contribution in [3.05, 3.63) is 60.8 Å². The van der Waals surface area contributed by atoms with Crippen LogP contribution in [-0.4, -0.2) is 75.6 Å². The van der Waals surface area contributed by atoms with Gasteiger partial charge in [0.25, 0.3) is 0 Å². The van der Waals surface area contributed by atoms with E-state index in [9.17, 15) is 14.3 Å². The van der Waals surface area contributed by atoms with Crippen molar-refractivity contribution < 1.29 is 37.3 Å². The summed E-state index contributed by atoms with van der Waals surface area (Å²) in [6, 6.07) is 0. The Bertz CT molecular complexity index is 1320. The molecule has 0 bridgehead atoms. The number of nitrogens with zero attached hydrogens (tertiary/aromatic N) is 1. The van der Waals surface area contributed by atoms with E-state index in [1.54, 1.807) is 0 Å². The van der Waals surface area contributed by atoms with Gasteiger partial charge in [-0.15, -0.1) is 0 Å². The van der Waals surface area contributed by atoms with Gasteiger partial charge in [-0.2, -0.15) is 0 Å². The van der Waals surface area contributed by atoms with Crippen LogP contribution in [0.2, 0.25) is 0 Å². The summed E-state index contributed by atoms with van der Waals surface area (Å²) in [5.74, 6) is -0.312. The molecule has 71 heavy (non-hydrogen) atoms. The quantitative estimate of drug-likeness (QED) is 0.0213. The molecular formula is C62H117NO7P+. The first-order chi connectivity index (χ1) is 34.6. The van der Waals surface area contributed by atoms with E-state index in [1.165, 1.54) is 193 Å². The summed E-state index contributed by atoms with van der Waals surface area (Å²) in [5.41, 5.74) is 0. The largest absolute Gasteiger partial charge is 0.472 e. The van der Waals surface area contributed by atoms with Gasteiger partial charge in [0, 0.05) is 13.0 Å². The number of carbonyl (C=O) groups excluding carboxylic acids is 1. The lowest BCUT2D eigenvalue weighted by molar-refractivity contribution is -0.870. The Morgan fingerprint density at radius 3 is 1.24 bits per heavy atom. The Kier molecular flexibility index (Phi) is 53.1. The molecule has 2 atom stereocenters. The molecule has 0 fully saturated rings. The molecule has 0 aliphatic rings. The number of allylic oxidation sites excluding steroid dienone is 10. The van der Waals surface area contributed by atoms with Gasteiger partial charge in [-0.1, -0.05) is 248 Å². The fraction of sp³-hybridized carbons (Fsp3) is 0.823. The maximum Gasteiger partial charge on any atom is 0.472 e. The third-order valence-electron chi connectivity index (χ3n) is 13.1. The third-order valence-corrected chi connectivity index (χ3v) is 14.0. The normalized spacial score (nSPS) is 13.8. The van der Waals surface area contributed by atoms with E-state index in [2.05, 4.69) is 74.6 Å². The second-order valence-electron chi connectivity index (χ2n) is 21.3. The molecule has 0 aromatic rings. The average Bonchev–Trinajstić information content (AvgIpc) is 3.33. The van der Waals surface area contributed by atoms with E-state index in [0.29, 0.717) is 24.1 Å². The average molecular weight is 1020 g/mol. The molecule has 0 saturated heterocycles. The van der Waals surface area contributed by atoms with Crippen LogP contribution in [0.1, 0.15) is 271 Å². The van der Waals surface area contributed by atoms with Crippen LogP contribution in [-0.2, 0) is 27.9 Å². The first-order valence-corrected chi connectivity index (χ1v) is 31.5. The van der Waals surface area contributed by atoms with E-state index in [0.717, 1.165) is 57.8 Å². The molecule has 0 aromatic carbocycles. The molecule has 9 heteroatoms. The van der Waals surface area contributed by atoms with E-state index in [-0.39, 0.29) is 25.8 Å². The SMILES string of the molecule is CC/C=C\C/C=C\C/C=C\C/C=C\CCCCCCCCCCCCCOCC(COP(=O)(O)OCC[N+](C)(C)C)OC(=O)CCCCCCCCCCCCCCC/C=C\CCCCCCCCCC. The number of ether oxygens (including phenoxy) is 2. The number of hydrogen-bond acceptors (Lipinski definition) is 6. The predicted molar refractivity (Wildman–Crippen MR) is 307 cm³/mol. The van der Waals surface area contributed by atoms with Crippen LogP contribution in [0.3, 0.4) is 0 Å². The van der Waals surface area contributed by atoms with Crippen molar-refractivity contribution in [1.29, 1.82) is 0 Å². The zero-order valence-electron chi connectivity index (χ0n) is 47.5. The summed E-state index contributed by atoms with van der Waals surface area (Å²) in [5, 5.41) is 0. The molecule has 0 aliphatic heterocycles. The highest BCUT2D eigenvalue weighted by molar-refractivity contribution is 7.47. The fourth-order valence-electron chi connectivity index (χ4n) is 8.48. The van der Waals surface area contributed by atoms with Gasteiger partial charge >= 0.3 is 13.8 Å². The molecule has 0 aliphatic carbocycles. The highest BCUT2D eigenvalue weighted by Gasteiger charge is 2.26. The van der Waals surface area contributed by atoms with Gasteiger partial charge in [0.05, 0.1) is 34.4 Å². The van der Waals surface area contributed by atoms with Crippen LogP contribution in [0.15, 0.2) is 60.8 Å². The lowest BCUT2D eigenvalue weighted by Crippen LogP contribution is -2.37. The van der Waals surface area contributed by atoms with Crippen LogP contribution < -0.4 is 0 Å². The Morgan fingerprint density at radius 2 is 0.817 bits per heavy atom. The first-order valence-electron chi connectivity index (χ1n) is 30.0. The Labute approximate surface area is 440 Å². The van der Waals surface area contributed by atoms with Gasteiger partial charge in [-0.25, -0.2) is 4.57 Å². The zero-order valence-corrected chi connectivity index (χ0v) is 48.4. The molecule has 0 radical (unpaired) electrons. The third kappa shape index (κ3) is 59.0. The Morgan fingerprint density at radius 1 is 0.451 bits per heavy atom. The van der Waals surface area contributed by atoms with Crippen molar-refractivity contribution in [2.45, 2.75) is 277 Å². The number of hydrogen-bond donors (Lipinski definition) is 1. The fourth-order valence-corrected chi connectivity index (χ4v) is 9.22. The number of carbonyl (C=O) groups is 1. The number of quaternary nitrogens is 1. The Balaban J connectivity index is 4.04. The van der Waals surface area contributed by atoms with Crippen molar-refractivity contribution in [2.24, 2.45) is 0 Å². The van der Waals surface area contributed by atoms with Gasteiger partial charge < -0.3 is 18.9 Å². The van der Waals surface area contributed by atoms with Gasteiger partial charge in [-0.3, -0.25) is 13.8 Å². The van der Waals surface area contributed by atoms with E-state index in [4.69, 9.17) is 18.5 Å². The smallest absolute Gasteiger partial charge is 0.457 e. The second kappa shape index (κ2) is 54.5. The molecule has 0 heterocycles. The van der Waals surface area contributed by atoms with Crippen LogP contribution in [0.5, 0.6) is 0 Å². The van der Waals surface area contributed by atoms with E-state index >= 15 is 0 Å². The van der Waals surface area contributed by atoms with Crippen LogP contribution in [0.4, 0.5) is 0 Å². The van der Waals surface area contributed by atoms with Crippen molar-refractivity contribution in [3.63, 3.8) is 0 Å². The van der Waals surface area contributed by atoms with Crippen LogP contribution >= 0.6 is 7.82 Å². The van der Waals surface area contributed by atoms with Crippen LogP contribution in [0, 0.1) is 0 Å². The minimum Gasteiger partial charge on any atom is -0.457 e. The highest BCUT2D eigenvalue weighted by Crippen LogP contribution is 2.43. The summed E-state index contributed by atoms with van der Waals surface area (Å²) in [6.07, 6.45) is 71.5. The number of phosphoric ester groups is 1. The van der Waals surface area contributed by atoms with E-state index < -0.39 is 13.9 Å². The standard InChI is InChI=1S/C62H116NO7P/c1-6-8-10-12-14-16-18-20-22-24-26-28-30-32-33-35-37-39-41-43-45-47-49-51-53-55-62(64)70-61(60-69-71(65,66)68-58-56-63(3,4)5)59-67-57-54-52-50-48-46-44-42-40-38-36-34-31-29-27-25-23-21-19-17-15-13-11-9-7-2/h9,11,15,17,21,23-24,26-27,29,61H,6-8,10,12-14,16,18-20,22,25,28,30-60H2,1-5H3/p+1/b11-9-,17-15-,23-21-,26-24-,29-27-. The molecular weight excluding hydrogens is 902 g/mol. The topological polar surface area (TPSA) is 91.3 Å². The number of likely N-dealkylation sites (N-methyl/N-ethyl adjacent to an activating group) is 1.